The van der Waals surface area contributed by atoms with Crippen molar-refractivity contribution in [2.45, 2.75) is 19.2 Å². The van der Waals surface area contributed by atoms with Crippen LogP contribution in [0.1, 0.15) is 22.3 Å². The Labute approximate surface area is 164 Å². The van der Waals surface area contributed by atoms with E-state index in [1.54, 1.807) is 0 Å². The third kappa shape index (κ3) is 3.05. The van der Waals surface area contributed by atoms with Crippen LogP contribution in [0.4, 0.5) is 0 Å². The predicted molar refractivity (Wildman–Crippen MR) is 114 cm³/mol. The highest BCUT2D eigenvalue weighted by molar-refractivity contribution is 6.14. The molecule has 0 spiro atoms. The van der Waals surface area contributed by atoms with Gasteiger partial charge in [-0.25, -0.2) is 9.98 Å². The number of fused-ring (bicyclic) bond motifs is 1. The van der Waals surface area contributed by atoms with Gasteiger partial charge >= 0.3 is 0 Å². The minimum Gasteiger partial charge on any atom is -0.449 e. The van der Waals surface area contributed by atoms with Gasteiger partial charge in [-0.05, 0) is 41.8 Å². The van der Waals surface area contributed by atoms with E-state index >= 15 is 0 Å². The van der Waals surface area contributed by atoms with E-state index in [4.69, 9.17) is 14.7 Å². The molecule has 3 nitrogen and oxygen atoms in total. The summed E-state index contributed by atoms with van der Waals surface area (Å²) in [7, 11) is 0. The van der Waals surface area contributed by atoms with Crippen molar-refractivity contribution >= 4 is 17.2 Å². The number of aliphatic imine (C=N–C) groups is 2. The monoisotopic (exact) mass is 364 g/mol. The van der Waals surface area contributed by atoms with Gasteiger partial charge in [-0.1, -0.05) is 78.4 Å². The molecule has 0 aliphatic carbocycles. The standard InChI is InChI=1S/C25H20N2O/c1-17-12-14-18(15-13-17)21-16-22(19-8-4-2-5-9-19)26-25-23(21)27-24(28-25)20-10-6-3-7-11-20/h2-16,23,25H,1H3. The first kappa shape index (κ1) is 16.7. The van der Waals surface area contributed by atoms with E-state index < -0.39 is 0 Å². The van der Waals surface area contributed by atoms with E-state index in [0.29, 0.717) is 5.90 Å². The molecule has 0 radical (unpaired) electrons. The van der Waals surface area contributed by atoms with E-state index in [2.05, 4.69) is 49.4 Å². The zero-order valence-electron chi connectivity index (χ0n) is 15.6. The van der Waals surface area contributed by atoms with E-state index in [-0.39, 0.29) is 12.3 Å². The second kappa shape index (κ2) is 6.93. The summed E-state index contributed by atoms with van der Waals surface area (Å²) in [5.41, 5.74) is 6.54. The van der Waals surface area contributed by atoms with Gasteiger partial charge in [0, 0.05) is 5.56 Å². The largest absolute Gasteiger partial charge is 0.449 e. The van der Waals surface area contributed by atoms with Gasteiger partial charge in [-0.3, -0.25) is 0 Å². The normalized spacial score (nSPS) is 20.5. The number of hydrogen-bond donors (Lipinski definition) is 0. The van der Waals surface area contributed by atoms with Gasteiger partial charge in [0.05, 0.1) is 5.71 Å². The van der Waals surface area contributed by atoms with Crippen LogP contribution in [-0.4, -0.2) is 23.9 Å². The van der Waals surface area contributed by atoms with Crippen LogP contribution in [0.5, 0.6) is 0 Å². The lowest BCUT2D eigenvalue weighted by molar-refractivity contribution is 0.218. The molecule has 2 atom stereocenters. The molecule has 0 aromatic heterocycles. The van der Waals surface area contributed by atoms with Crippen LogP contribution in [0.3, 0.4) is 0 Å². The number of hydrogen-bond acceptors (Lipinski definition) is 3. The molecule has 136 valence electrons. The minimum absolute atomic E-state index is 0.134. The Balaban J connectivity index is 1.60. The molecule has 0 N–H and O–H groups in total. The van der Waals surface area contributed by atoms with Crippen LogP contribution >= 0.6 is 0 Å². The number of aryl methyl sites for hydroxylation is 1. The van der Waals surface area contributed by atoms with Gasteiger partial charge in [0.1, 0.15) is 6.04 Å². The highest BCUT2D eigenvalue weighted by Crippen LogP contribution is 2.34. The Morgan fingerprint density at radius 2 is 1.32 bits per heavy atom. The highest BCUT2D eigenvalue weighted by Gasteiger charge is 2.37. The van der Waals surface area contributed by atoms with Crippen molar-refractivity contribution in [1.29, 1.82) is 0 Å². The first-order chi connectivity index (χ1) is 13.8. The number of dihydropyridines is 1. The molecule has 0 bridgehead atoms. The molecule has 3 heteroatoms. The topological polar surface area (TPSA) is 34.0 Å². The molecular formula is C25H20N2O. The van der Waals surface area contributed by atoms with Crippen LogP contribution in [0.25, 0.3) is 5.57 Å². The molecule has 3 aromatic carbocycles. The summed E-state index contributed by atoms with van der Waals surface area (Å²) in [6.07, 6.45) is 1.81. The molecule has 2 aliphatic rings. The Hall–Kier alpha value is -3.46. The summed E-state index contributed by atoms with van der Waals surface area (Å²) >= 11 is 0. The molecule has 2 heterocycles. The number of ether oxygens (including phenoxy) is 1. The van der Waals surface area contributed by atoms with Gasteiger partial charge in [0.15, 0.2) is 0 Å². The molecule has 2 aliphatic heterocycles. The Morgan fingerprint density at radius 1 is 0.679 bits per heavy atom. The Bertz CT molecular complexity index is 1080. The molecule has 5 rings (SSSR count). The van der Waals surface area contributed by atoms with Gasteiger partial charge in [-0.15, -0.1) is 0 Å². The van der Waals surface area contributed by atoms with E-state index in [1.165, 1.54) is 5.56 Å². The Kier molecular flexibility index (Phi) is 4.13. The van der Waals surface area contributed by atoms with Crippen LogP contribution in [-0.2, 0) is 4.74 Å². The van der Waals surface area contributed by atoms with Crippen molar-refractivity contribution in [2.75, 3.05) is 0 Å². The molecule has 28 heavy (non-hydrogen) atoms. The van der Waals surface area contributed by atoms with Crippen LogP contribution < -0.4 is 0 Å². The number of benzene rings is 3. The van der Waals surface area contributed by atoms with Gasteiger partial charge in [-0.2, -0.15) is 0 Å². The number of nitrogens with zero attached hydrogens (tertiary/aromatic N) is 2. The number of allylic oxidation sites excluding steroid dienone is 1. The molecule has 0 fully saturated rings. The van der Waals surface area contributed by atoms with Gasteiger partial charge < -0.3 is 4.74 Å². The fourth-order valence-corrected chi connectivity index (χ4v) is 3.62. The van der Waals surface area contributed by atoms with Crippen molar-refractivity contribution in [1.82, 2.24) is 0 Å². The molecule has 0 saturated carbocycles. The third-order valence-electron chi connectivity index (χ3n) is 5.11. The maximum atomic E-state index is 6.20. The first-order valence-electron chi connectivity index (χ1n) is 9.50. The molecule has 0 saturated heterocycles. The second-order valence-electron chi connectivity index (χ2n) is 7.10. The number of rotatable bonds is 3. The van der Waals surface area contributed by atoms with Crippen molar-refractivity contribution in [3.05, 3.63) is 113 Å². The van der Waals surface area contributed by atoms with Crippen LogP contribution in [0.2, 0.25) is 0 Å². The maximum Gasteiger partial charge on any atom is 0.219 e. The summed E-state index contributed by atoms with van der Waals surface area (Å²) in [4.78, 5) is 9.79. The second-order valence-corrected chi connectivity index (χ2v) is 7.10. The smallest absolute Gasteiger partial charge is 0.219 e. The van der Waals surface area contributed by atoms with Gasteiger partial charge in [0.25, 0.3) is 0 Å². The molecular weight excluding hydrogens is 344 g/mol. The third-order valence-corrected chi connectivity index (χ3v) is 5.11. The SMILES string of the molecule is Cc1ccc(C2=CC(c3ccccc3)=NC3OC(c4ccccc4)=NC23)cc1. The zero-order valence-corrected chi connectivity index (χ0v) is 15.6. The average Bonchev–Trinajstić information content (AvgIpc) is 3.19. The highest BCUT2D eigenvalue weighted by atomic mass is 16.5. The summed E-state index contributed by atoms with van der Waals surface area (Å²) in [6.45, 7) is 2.10. The van der Waals surface area contributed by atoms with Crippen molar-refractivity contribution in [3.63, 3.8) is 0 Å². The Morgan fingerprint density at radius 3 is 2.00 bits per heavy atom. The van der Waals surface area contributed by atoms with Crippen molar-refractivity contribution in [2.24, 2.45) is 9.98 Å². The summed E-state index contributed by atoms with van der Waals surface area (Å²) < 4.78 is 6.20. The summed E-state index contributed by atoms with van der Waals surface area (Å²) in [5, 5.41) is 0. The van der Waals surface area contributed by atoms with Crippen LogP contribution in [0, 0.1) is 6.92 Å². The minimum atomic E-state index is -0.341. The fourth-order valence-electron chi connectivity index (χ4n) is 3.62. The lowest BCUT2D eigenvalue weighted by Gasteiger charge is -2.23. The fraction of sp³-hybridized carbons (Fsp3) is 0.120. The summed E-state index contributed by atoms with van der Waals surface area (Å²) in [5.74, 6) is 0.659. The average molecular weight is 364 g/mol. The predicted octanol–water partition coefficient (Wildman–Crippen LogP) is 5.05. The van der Waals surface area contributed by atoms with E-state index in [9.17, 15) is 0 Å². The van der Waals surface area contributed by atoms with E-state index in [1.807, 2.05) is 48.5 Å². The molecule has 0 amide bonds. The lowest BCUT2D eigenvalue weighted by atomic mass is 9.92. The molecule has 2 unspecified atom stereocenters. The van der Waals surface area contributed by atoms with Crippen molar-refractivity contribution < 1.29 is 4.74 Å². The van der Waals surface area contributed by atoms with Crippen molar-refractivity contribution in [3.8, 4) is 0 Å². The van der Waals surface area contributed by atoms with Gasteiger partial charge in [0.2, 0.25) is 12.1 Å². The first-order valence-corrected chi connectivity index (χ1v) is 9.50. The quantitative estimate of drug-likeness (QED) is 0.640. The maximum absolute atomic E-state index is 6.20. The van der Waals surface area contributed by atoms with E-state index in [0.717, 1.165) is 28.0 Å². The zero-order chi connectivity index (χ0) is 18.9. The lowest BCUT2D eigenvalue weighted by Crippen LogP contribution is -2.27. The summed E-state index contributed by atoms with van der Waals surface area (Å²) in [6, 6.07) is 28.7. The molecule has 3 aromatic rings. The van der Waals surface area contributed by atoms with Crippen LogP contribution in [0.15, 0.2) is 101 Å².